The highest BCUT2D eigenvalue weighted by Gasteiger charge is 2.25. The summed E-state index contributed by atoms with van der Waals surface area (Å²) < 4.78 is 12.1. The minimum Gasteiger partial charge on any atom is -0.485 e. The minimum absolute atomic E-state index is 0.0239. The molecule has 0 saturated carbocycles. The molecule has 0 saturated heterocycles. The molecular weight excluding hydrogens is 458 g/mol. The SMILES string of the molecule is CC(C)C[C@H](O)C(=O)N[C@H](Cc1ccc(OCc2ccccc2)c(OCc2ccccc2)c1)C(=O)O. The lowest BCUT2D eigenvalue weighted by molar-refractivity contribution is -0.143. The van der Waals surface area contributed by atoms with Crippen molar-refractivity contribution in [2.24, 2.45) is 5.92 Å². The number of carboxylic acids is 1. The fourth-order valence-electron chi connectivity index (χ4n) is 3.64. The fraction of sp³-hybridized carbons (Fsp3) is 0.310. The first-order chi connectivity index (χ1) is 17.3. The predicted molar refractivity (Wildman–Crippen MR) is 137 cm³/mol. The molecule has 190 valence electrons. The summed E-state index contributed by atoms with van der Waals surface area (Å²) in [4.78, 5) is 24.2. The van der Waals surface area contributed by atoms with Crippen molar-refractivity contribution >= 4 is 11.9 Å². The lowest BCUT2D eigenvalue weighted by atomic mass is 10.0. The number of carboxylic acid groups (broad SMARTS) is 1. The number of amides is 1. The van der Waals surface area contributed by atoms with Crippen molar-refractivity contribution in [1.29, 1.82) is 0 Å². The van der Waals surface area contributed by atoms with E-state index in [9.17, 15) is 19.8 Å². The molecule has 0 aliphatic carbocycles. The summed E-state index contributed by atoms with van der Waals surface area (Å²) in [5.41, 5.74) is 2.63. The minimum atomic E-state index is -1.26. The van der Waals surface area contributed by atoms with Crippen LogP contribution < -0.4 is 14.8 Å². The molecule has 36 heavy (non-hydrogen) atoms. The van der Waals surface area contributed by atoms with Crippen LogP contribution in [0, 0.1) is 5.92 Å². The highest BCUT2D eigenvalue weighted by atomic mass is 16.5. The van der Waals surface area contributed by atoms with E-state index in [0.29, 0.717) is 30.3 Å². The maximum atomic E-state index is 12.3. The molecule has 0 heterocycles. The average molecular weight is 492 g/mol. The van der Waals surface area contributed by atoms with Gasteiger partial charge in [0.1, 0.15) is 25.4 Å². The molecule has 0 aliphatic rings. The number of nitrogens with one attached hydrogen (secondary N) is 1. The van der Waals surface area contributed by atoms with Crippen molar-refractivity contribution < 1.29 is 29.3 Å². The number of aliphatic carboxylic acids is 1. The van der Waals surface area contributed by atoms with Crippen molar-refractivity contribution in [3.8, 4) is 11.5 Å². The van der Waals surface area contributed by atoms with Gasteiger partial charge in [-0.15, -0.1) is 0 Å². The van der Waals surface area contributed by atoms with Gasteiger partial charge in [-0.3, -0.25) is 4.79 Å². The number of hydrogen-bond acceptors (Lipinski definition) is 5. The van der Waals surface area contributed by atoms with Gasteiger partial charge in [-0.1, -0.05) is 80.6 Å². The third kappa shape index (κ3) is 8.43. The number of hydrogen-bond donors (Lipinski definition) is 3. The molecule has 3 N–H and O–H groups in total. The van der Waals surface area contributed by atoms with E-state index in [1.807, 2.05) is 74.5 Å². The van der Waals surface area contributed by atoms with Crippen LogP contribution in [0.25, 0.3) is 0 Å². The van der Waals surface area contributed by atoms with E-state index in [4.69, 9.17) is 9.47 Å². The highest BCUT2D eigenvalue weighted by Crippen LogP contribution is 2.30. The van der Waals surface area contributed by atoms with Crippen LogP contribution in [0.15, 0.2) is 78.9 Å². The van der Waals surface area contributed by atoms with Crippen LogP contribution in [-0.2, 0) is 29.2 Å². The second-order valence-corrected chi connectivity index (χ2v) is 9.08. The molecule has 1 amide bonds. The average Bonchev–Trinajstić information content (AvgIpc) is 2.87. The molecule has 3 rings (SSSR count). The van der Waals surface area contributed by atoms with E-state index in [1.54, 1.807) is 18.2 Å². The van der Waals surface area contributed by atoms with Crippen LogP contribution in [0.5, 0.6) is 11.5 Å². The Morgan fingerprint density at radius 3 is 1.89 bits per heavy atom. The molecule has 0 spiro atoms. The van der Waals surface area contributed by atoms with E-state index >= 15 is 0 Å². The summed E-state index contributed by atoms with van der Waals surface area (Å²) in [6, 6.07) is 23.5. The molecular formula is C29H33NO6. The first-order valence-electron chi connectivity index (χ1n) is 12.0. The Bertz CT molecular complexity index is 1120. The monoisotopic (exact) mass is 491 g/mol. The van der Waals surface area contributed by atoms with Gasteiger partial charge in [-0.05, 0) is 41.2 Å². The van der Waals surface area contributed by atoms with Crippen LogP contribution in [0.2, 0.25) is 0 Å². The van der Waals surface area contributed by atoms with Gasteiger partial charge >= 0.3 is 5.97 Å². The van der Waals surface area contributed by atoms with Crippen molar-refractivity contribution in [2.45, 2.75) is 52.0 Å². The number of aliphatic hydroxyl groups is 1. The quantitative estimate of drug-likeness (QED) is 0.328. The summed E-state index contributed by atoms with van der Waals surface area (Å²) in [7, 11) is 0. The maximum absolute atomic E-state index is 12.3. The molecule has 0 fully saturated rings. The van der Waals surface area contributed by atoms with E-state index in [1.165, 1.54) is 0 Å². The molecule has 0 bridgehead atoms. The molecule has 0 aliphatic heterocycles. The Balaban J connectivity index is 1.76. The number of carbonyl (C=O) groups is 2. The van der Waals surface area contributed by atoms with Gasteiger partial charge in [0.2, 0.25) is 5.91 Å². The molecule has 7 heteroatoms. The van der Waals surface area contributed by atoms with E-state index in [2.05, 4.69) is 5.32 Å². The van der Waals surface area contributed by atoms with Gasteiger partial charge in [0.05, 0.1) is 0 Å². The van der Waals surface area contributed by atoms with Gasteiger partial charge in [0.15, 0.2) is 11.5 Å². The van der Waals surface area contributed by atoms with Crippen LogP contribution >= 0.6 is 0 Å². The number of aliphatic hydroxyl groups excluding tert-OH is 1. The zero-order valence-electron chi connectivity index (χ0n) is 20.6. The largest absolute Gasteiger partial charge is 0.485 e. The molecule has 0 radical (unpaired) electrons. The molecule has 3 aromatic carbocycles. The highest BCUT2D eigenvalue weighted by molar-refractivity contribution is 5.86. The maximum Gasteiger partial charge on any atom is 0.326 e. The van der Waals surface area contributed by atoms with Crippen molar-refractivity contribution in [3.05, 3.63) is 95.6 Å². The second kappa shape index (κ2) is 13.3. The summed E-state index contributed by atoms with van der Waals surface area (Å²) in [6.07, 6.45) is -0.982. The van der Waals surface area contributed by atoms with Crippen LogP contribution in [-0.4, -0.2) is 34.2 Å². The zero-order valence-corrected chi connectivity index (χ0v) is 20.6. The smallest absolute Gasteiger partial charge is 0.326 e. The van der Waals surface area contributed by atoms with Crippen LogP contribution in [0.3, 0.4) is 0 Å². The Morgan fingerprint density at radius 2 is 1.36 bits per heavy atom. The van der Waals surface area contributed by atoms with Crippen molar-refractivity contribution in [3.63, 3.8) is 0 Å². The lowest BCUT2D eigenvalue weighted by Gasteiger charge is -2.19. The third-order valence-corrected chi connectivity index (χ3v) is 5.53. The normalized spacial score (nSPS) is 12.6. The van der Waals surface area contributed by atoms with Gasteiger partial charge in [0, 0.05) is 6.42 Å². The molecule has 0 aromatic heterocycles. The van der Waals surface area contributed by atoms with E-state index < -0.39 is 24.0 Å². The molecule has 3 aromatic rings. The summed E-state index contributed by atoms with van der Waals surface area (Å²) in [5, 5.41) is 22.2. The third-order valence-electron chi connectivity index (χ3n) is 5.53. The second-order valence-electron chi connectivity index (χ2n) is 9.08. The van der Waals surface area contributed by atoms with Gasteiger partial charge < -0.3 is 25.0 Å². The molecule has 2 atom stereocenters. The summed E-state index contributed by atoms with van der Waals surface area (Å²) in [5.74, 6) is -0.776. The standard InChI is InChI=1S/C29H33NO6/c1-20(2)15-25(31)28(32)30-24(29(33)34)16-23-13-14-26(35-18-21-9-5-3-6-10-21)27(17-23)36-19-22-11-7-4-8-12-22/h3-14,17,20,24-25,31H,15-16,18-19H2,1-2H3,(H,30,32)(H,33,34)/t24-,25+/m1/s1. The van der Waals surface area contributed by atoms with E-state index in [-0.39, 0.29) is 18.8 Å². The number of carbonyl (C=O) groups excluding carboxylic acids is 1. The Kier molecular flexibility index (Phi) is 9.89. The van der Waals surface area contributed by atoms with Gasteiger partial charge in [-0.25, -0.2) is 4.79 Å². The van der Waals surface area contributed by atoms with Gasteiger partial charge in [-0.2, -0.15) is 0 Å². The number of ether oxygens (including phenoxy) is 2. The lowest BCUT2D eigenvalue weighted by Crippen LogP contribution is -2.46. The number of benzene rings is 3. The zero-order chi connectivity index (χ0) is 25.9. The fourth-order valence-corrected chi connectivity index (χ4v) is 3.64. The molecule has 0 unspecified atom stereocenters. The van der Waals surface area contributed by atoms with Crippen LogP contribution in [0.4, 0.5) is 0 Å². The van der Waals surface area contributed by atoms with Gasteiger partial charge in [0.25, 0.3) is 0 Å². The van der Waals surface area contributed by atoms with E-state index in [0.717, 1.165) is 11.1 Å². The Hall–Kier alpha value is -3.84. The van der Waals surface area contributed by atoms with Crippen LogP contribution in [0.1, 0.15) is 37.0 Å². The Labute approximate surface area is 211 Å². The Morgan fingerprint density at radius 1 is 0.806 bits per heavy atom. The summed E-state index contributed by atoms with van der Waals surface area (Å²) in [6.45, 7) is 4.42. The van der Waals surface area contributed by atoms with Crippen molar-refractivity contribution in [2.75, 3.05) is 0 Å². The first kappa shape index (κ1) is 26.8. The summed E-state index contributed by atoms with van der Waals surface area (Å²) >= 11 is 0. The topological polar surface area (TPSA) is 105 Å². The number of rotatable bonds is 13. The van der Waals surface area contributed by atoms with Crippen molar-refractivity contribution in [1.82, 2.24) is 5.32 Å². The first-order valence-corrected chi connectivity index (χ1v) is 12.0. The molecule has 7 nitrogen and oxygen atoms in total. The predicted octanol–water partition coefficient (Wildman–Crippen LogP) is 4.36.